The van der Waals surface area contributed by atoms with Crippen LogP contribution in [0.3, 0.4) is 0 Å². The van der Waals surface area contributed by atoms with Crippen LogP contribution in [-0.4, -0.2) is 27.9 Å². The molecule has 0 aliphatic rings. The van der Waals surface area contributed by atoms with Crippen molar-refractivity contribution in [3.8, 4) is 10.8 Å². The first-order valence-corrected chi connectivity index (χ1v) is 8.39. The maximum atomic E-state index is 13.0. The van der Waals surface area contributed by atoms with Crippen molar-refractivity contribution in [1.29, 1.82) is 0 Å². The zero-order valence-electron chi connectivity index (χ0n) is 13.3. The number of hydrogen-bond acceptors (Lipinski definition) is 4. The molecule has 0 radical (unpaired) electrons. The molecule has 4 nitrogen and oxygen atoms in total. The standard InChI is InChI=1S/C16H9ClF5NO3S/c1-7-4-8-5-11(24)9(17)6-10(8)23(7)14(25)12-2-3-13(27-12)26-16(21,22)15(18,19)20/h2-6,24H,1H3. The van der Waals surface area contributed by atoms with Gasteiger partial charge in [-0.15, -0.1) is 0 Å². The summed E-state index contributed by atoms with van der Waals surface area (Å²) in [5, 5.41) is 9.38. The lowest BCUT2D eigenvalue weighted by atomic mass is 10.2. The highest BCUT2D eigenvalue weighted by Crippen LogP contribution is 2.40. The number of benzene rings is 1. The fourth-order valence-electron chi connectivity index (χ4n) is 2.41. The van der Waals surface area contributed by atoms with Crippen molar-refractivity contribution in [2.24, 2.45) is 0 Å². The Labute approximate surface area is 157 Å². The molecule has 0 unspecified atom stereocenters. The van der Waals surface area contributed by atoms with Crippen molar-refractivity contribution in [2.75, 3.05) is 0 Å². The number of phenols is 1. The Morgan fingerprint density at radius 3 is 2.48 bits per heavy atom. The minimum absolute atomic E-state index is 0.00493. The van der Waals surface area contributed by atoms with E-state index in [1.807, 2.05) is 0 Å². The van der Waals surface area contributed by atoms with Crippen LogP contribution in [0.25, 0.3) is 10.9 Å². The maximum absolute atomic E-state index is 13.0. The predicted octanol–water partition coefficient (Wildman–Crippen LogP) is 5.59. The zero-order valence-corrected chi connectivity index (χ0v) is 14.8. The summed E-state index contributed by atoms with van der Waals surface area (Å²) >= 11 is 6.21. The number of halogens is 6. The third-order valence-electron chi connectivity index (χ3n) is 3.61. The minimum atomic E-state index is -5.88. The first-order chi connectivity index (χ1) is 12.4. The Morgan fingerprint density at radius 1 is 1.19 bits per heavy atom. The van der Waals surface area contributed by atoms with Crippen LogP contribution in [0, 0.1) is 6.92 Å². The van der Waals surface area contributed by atoms with Gasteiger partial charge in [-0.25, -0.2) is 0 Å². The van der Waals surface area contributed by atoms with Gasteiger partial charge in [0.2, 0.25) is 0 Å². The van der Waals surface area contributed by atoms with E-state index in [1.54, 1.807) is 13.0 Å². The number of nitrogens with zero attached hydrogens (tertiary/aromatic N) is 1. The van der Waals surface area contributed by atoms with E-state index in [0.717, 1.165) is 12.1 Å². The molecule has 0 fully saturated rings. The normalized spacial score (nSPS) is 12.6. The summed E-state index contributed by atoms with van der Waals surface area (Å²) in [6, 6.07) is 6.23. The van der Waals surface area contributed by atoms with Gasteiger partial charge in [0.25, 0.3) is 5.91 Å². The molecule has 0 saturated carbocycles. The number of aromatic nitrogens is 1. The van der Waals surface area contributed by atoms with Crippen molar-refractivity contribution in [3.05, 3.63) is 45.9 Å². The number of carbonyl (C=O) groups is 1. The minimum Gasteiger partial charge on any atom is -0.506 e. The highest BCUT2D eigenvalue weighted by Gasteiger charge is 2.61. The van der Waals surface area contributed by atoms with Crippen LogP contribution in [0.1, 0.15) is 15.4 Å². The maximum Gasteiger partial charge on any atom is 0.499 e. The Kier molecular flexibility index (Phi) is 4.59. The summed E-state index contributed by atoms with van der Waals surface area (Å²) in [6.07, 6.45) is -11.3. The second kappa shape index (κ2) is 6.38. The summed E-state index contributed by atoms with van der Waals surface area (Å²) in [6.45, 7) is 1.59. The van der Waals surface area contributed by atoms with E-state index in [0.29, 0.717) is 27.9 Å². The number of aromatic hydroxyl groups is 1. The summed E-state index contributed by atoms with van der Waals surface area (Å²) in [5.41, 5.74) is 0.796. The Morgan fingerprint density at radius 2 is 1.85 bits per heavy atom. The van der Waals surface area contributed by atoms with Crippen molar-refractivity contribution in [3.63, 3.8) is 0 Å². The summed E-state index contributed by atoms with van der Waals surface area (Å²) < 4.78 is 67.6. The van der Waals surface area contributed by atoms with Crippen molar-refractivity contribution < 1.29 is 36.6 Å². The molecule has 0 spiro atoms. The number of aryl methyl sites for hydroxylation is 1. The first kappa shape index (κ1) is 19.4. The lowest BCUT2D eigenvalue weighted by molar-refractivity contribution is -0.359. The van der Waals surface area contributed by atoms with Gasteiger partial charge >= 0.3 is 12.3 Å². The van der Waals surface area contributed by atoms with Crippen LogP contribution >= 0.6 is 22.9 Å². The molecule has 0 amide bonds. The molecule has 1 N–H and O–H groups in total. The molecule has 0 aliphatic carbocycles. The van der Waals surface area contributed by atoms with Gasteiger partial charge in [0.1, 0.15) is 5.75 Å². The van der Waals surface area contributed by atoms with Crippen molar-refractivity contribution in [1.82, 2.24) is 4.57 Å². The number of fused-ring (bicyclic) bond motifs is 1. The van der Waals surface area contributed by atoms with Crippen LogP contribution < -0.4 is 4.74 Å². The highest BCUT2D eigenvalue weighted by molar-refractivity contribution is 7.15. The molecule has 0 atom stereocenters. The van der Waals surface area contributed by atoms with E-state index in [9.17, 15) is 31.9 Å². The molecule has 27 heavy (non-hydrogen) atoms. The molecular weight excluding hydrogens is 417 g/mol. The molecule has 3 rings (SSSR count). The van der Waals surface area contributed by atoms with E-state index in [4.69, 9.17) is 11.6 Å². The predicted molar refractivity (Wildman–Crippen MR) is 89.0 cm³/mol. The van der Waals surface area contributed by atoms with Gasteiger partial charge in [0.15, 0.2) is 5.06 Å². The monoisotopic (exact) mass is 425 g/mol. The summed E-state index contributed by atoms with van der Waals surface area (Å²) in [4.78, 5) is 12.6. The molecule has 0 saturated heterocycles. The quantitative estimate of drug-likeness (QED) is 0.556. The number of phenolic OH excluding ortho intramolecular Hbond substituents is 1. The second-order valence-electron chi connectivity index (χ2n) is 5.52. The SMILES string of the molecule is Cc1cc2cc(O)c(Cl)cc2n1C(=O)c1ccc(OC(F)(F)C(F)(F)F)s1. The number of carbonyl (C=O) groups excluding carboxylic acids is 1. The average molecular weight is 426 g/mol. The van der Waals surface area contributed by atoms with Crippen LogP contribution in [0.5, 0.6) is 10.8 Å². The lowest BCUT2D eigenvalue weighted by Gasteiger charge is -2.18. The molecule has 2 heterocycles. The molecule has 2 aromatic heterocycles. The van der Waals surface area contributed by atoms with Crippen molar-refractivity contribution in [2.45, 2.75) is 19.2 Å². The van der Waals surface area contributed by atoms with Gasteiger partial charge in [-0.2, -0.15) is 22.0 Å². The largest absolute Gasteiger partial charge is 0.506 e. The van der Waals surface area contributed by atoms with Crippen LogP contribution in [0.2, 0.25) is 5.02 Å². The van der Waals surface area contributed by atoms with Crippen LogP contribution in [-0.2, 0) is 0 Å². The van der Waals surface area contributed by atoms with Gasteiger partial charge in [-0.05, 0) is 37.3 Å². The van der Waals surface area contributed by atoms with Gasteiger partial charge < -0.3 is 9.84 Å². The highest BCUT2D eigenvalue weighted by atomic mass is 35.5. The Hall–Kier alpha value is -2.33. The third-order valence-corrected chi connectivity index (χ3v) is 4.86. The molecule has 11 heteroatoms. The van der Waals surface area contributed by atoms with Gasteiger partial charge in [0, 0.05) is 11.1 Å². The Bertz CT molecular complexity index is 1040. The number of thiophene rings is 1. The van der Waals surface area contributed by atoms with Crippen LogP contribution in [0.4, 0.5) is 22.0 Å². The summed E-state index contributed by atoms with van der Waals surface area (Å²) in [7, 11) is 0. The van der Waals surface area contributed by atoms with Crippen LogP contribution in [0.15, 0.2) is 30.3 Å². The fraction of sp³-hybridized carbons (Fsp3) is 0.188. The molecule has 0 aliphatic heterocycles. The molecule has 1 aromatic carbocycles. The molecule has 0 bridgehead atoms. The van der Waals surface area contributed by atoms with E-state index >= 15 is 0 Å². The number of hydrogen-bond donors (Lipinski definition) is 1. The molecular formula is C16H9ClF5NO3S. The molecule has 3 aromatic rings. The number of ether oxygens (including phenoxy) is 1. The summed E-state index contributed by atoms with van der Waals surface area (Å²) in [5.74, 6) is -0.852. The Balaban J connectivity index is 1.96. The second-order valence-corrected chi connectivity index (χ2v) is 6.98. The van der Waals surface area contributed by atoms with E-state index in [1.165, 1.54) is 16.7 Å². The number of alkyl halides is 5. The van der Waals surface area contributed by atoms with E-state index < -0.39 is 23.3 Å². The van der Waals surface area contributed by atoms with E-state index in [-0.39, 0.29) is 15.6 Å². The first-order valence-electron chi connectivity index (χ1n) is 7.19. The van der Waals surface area contributed by atoms with Gasteiger partial charge in [-0.1, -0.05) is 22.9 Å². The smallest absolute Gasteiger partial charge is 0.499 e. The zero-order chi connectivity index (χ0) is 20.1. The van der Waals surface area contributed by atoms with Gasteiger partial charge in [0.05, 0.1) is 15.4 Å². The topological polar surface area (TPSA) is 51.5 Å². The number of rotatable bonds is 3. The average Bonchev–Trinajstić information content (AvgIpc) is 3.10. The van der Waals surface area contributed by atoms with Crippen molar-refractivity contribution >= 4 is 39.7 Å². The third kappa shape index (κ3) is 3.46. The fourth-order valence-corrected chi connectivity index (χ4v) is 3.38. The lowest BCUT2D eigenvalue weighted by Crippen LogP contribution is -2.41. The van der Waals surface area contributed by atoms with Gasteiger partial charge in [-0.3, -0.25) is 9.36 Å². The molecule has 144 valence electrons. The van der Waals surface area contributed by atoms with E-state index in [2.05, 4.69) is 4.74 Å².